The highest BCUT2D eigenvalue weighted by Crippen LogP contribution is 2.27. The minimum absolute atomic E-state index is 0.0719. The normalized spacial score (nSPS) is 13.7. The van der Waals surface area contributed by atoms with Gasteiger partial charge in [0.1, 0.15) is 6.04 Å². The van der Waals surface area contributed by atoms with Crippen molar-refractivity contribution in [1.82, 2.24) is 4.90 Å². The number of nitrogens with zero attached hydrogens (tertiary/aromatic N) is 1. The number of amides is 2. The molecule has 0 unspecified atom stereocenters. The molecule has 4 nitrogen and oxygen atoms in total. The van der Waals surface area contributed by atoms with Crippen molar-refractivity contribution in [2.75, 3.05) is 11.1 Å². The number of nitrogens with one attached hydrogen (secondary N) is 1. The van der Waals surface area contributed by atoms with Gasteiger partial charge in [-0.15, -0.1) is 0 Å². The average molecular weight is 431 g/mol. The van der Waals surface area contributed by atoms with Crippen LogP contribution >= 0.6 is 11.8 Å². The average Bonchev–Trinajstić information content (AvgIpc) is 3.14. The van der Waals surface area contributed by atoms with E-state index in [1.807, 2.05) is 66.7 Å². The molecule has 31 heavy (non-hydrogen) atoms. The monoisotopic (exact) mass is 430 g/mol. The molecule has 3 aromatic rings. The van der Waals surface area contributed by atoms with E-state index < -0.39 is 6.04 Å². The number of aryl methyl sites for hydroxylation is 1. The van der Waals surface area contributed by atoms with E-state index >= 15 is 0 Å². The van der Waals surface area contributed by atoms with E-state index in [4.69, 9.17) is 0 Å². The summed E-state index contributed by atoms with van der Waals surface area (Å²) in [4.78, 5) is 28.0. The molecule has 4 rings (SSSR count). The summed E-state index contributed by atoms with van der Waals surface area (Å²) in [6.07, 6.45) is 0.952. The minimum Gasteiger partial charge on any atom is -0.324 e. The molecule has 158 valence electrons. The lowest BCUT2D eigenvalue weighted by Gasteiger charge is -2.27. The molecule has 5 heteroatoms. The van der Waals surface area contributed by atoms with E-state index in [-0.39, 0.29) is 11.8 Å². The summed E-state index contributed by atoms with van der Waals surface area (Å²) in [5.74, 6) is 1.11. The van der Waals surface area contributed by atoms with Crippen molar-refractivity contribution < 1.29 is 9.59 Å². The highest BCUT2D eigenvalue weighted by atomic mass is 32.2. The summed E-state index contributed by atoms with van der Waals surface area (Å²) in [7, 11) is 0. The van der Waals surface area contributed by atoms with Gasteiger partial charge >= 0.3 is 0 Å². The van der Waals surface area contributed by atoms with Gasteiger partial charge in [-0.1, -0.05) is 67.6 Å². The van der Waals surface area contributed by atoms with Gasteiger partial charge in [-0.25, -0.2) is 0 Å². The van der Waals surface area contributed by atoms with Crippen LogP contribution in [0, 0.1) is 0 Å². The third-order valence-corrected chi connectivity index (χ3v) is 6.63. The van der Waals surface area contributed by atoms with Crippen molar-refractivity contribution in [2.45, 2.75) is 31.7 Å². The Morgan fingerprint density at radius 1 is 0.968 bits per heavy atom. The summed E-state index contributed by atoms with van der Waals surface area (Å²) in [6, 6.07) is 25.1. The van der Waals surface area contributed by atoms with Gasteiger partial charge < -0.3 is 10.2 Å². The van der Waals surface area contributed by atoms with Crippen LogP contribution in [0.15, 0.2) is 78.9 Å². The van der Waals surface area contributed by atoms with Gasteiger partial charge in [0.2, 0.25) is 5.91 Å². The molecule has 0 spiro atoms. The van der Waals surface area contributed by atoms with Crippen LogP contribution in [0.2, 0.25) is 0 Å². The van der Waals surface area contributed by atoms with Crippen LogP contribution in [0.4, 0.5) is 5.69 Å². The fourth-order valence-electron chi connectivity index (χ4n) is 3.75. The number of hydrogen-bond donors (Lipinski definition) is 1. The van der Waals surface area contributed by atoms with Gasteiger partial charge in [0, 0.05) is 29.3 Å². The first kappa shape index (κ1) is 21.2. The van der Waals surface area contributed by atoms with Gasteiger partial charge in [0.25, 0.3) is 5.91 Å². The predicted octanol–water partition coefficient (Wildman–Crippen LogP) is 5.15. The molecule has 1 N–H and O–H groups in total. The molecule has 0 bridgehead atoms. The second kappa shape index (κ2) is 9.84. The second-order valence-corrected chi connectivity index (χ2v) is 8.68. The Hall–Kier alpha value is -3.05. The number of thioether (sulfide) groups is 1. The summed E-state index contributed by atoms with van der Waals surface area (Å²) in [5, 5.41) is 3.02. The lowest BCUT2D eigenvalue weighted by Crippen LogP contribution is -2.46. The number of anilines is 1. The highest BCUT2D eigenvalue weighted by molar-refractivity contribution is 7.98. The van der Waals surface area contributed by atoms with Crippen molar-refractivity contribution in [1.29, 1.82) is 0 Å². The van der Waals surface area contributed by atoms with Crippen LogP contribution in [0.5, 0.6) is 0 Å². The molecule has 0 radical (unpaired) electrons. The Bertz CT molecular complexity index is 1050. The van der Waals surface area contributed by atoms with Crippen LogP contribution in [0.25, 0.3) is 0 Å². The summed E-state index contributed by atoms with van der Waals surface area (Å²) in [6.45, 7) is 2.57. The molecule has 0 saturated heterocycles. The maximum atomic E-state index is 13.3. The standard InChI is InChI=1S/C26H26N2O2S/c1-2-19-12-14-22(15-13-19)27-25(29)24(18-31-17-20-8-4-3-5-9-20)28-16-21-10-6-7-11-23(21)26(28)30/h3-15,24H,2,16-18H2,1H3,(H,27,29)/t24-/m1/s1. The number of carbonyl (C=O) groups is 2. The lowest BCUT2D eigenvalue weighted by atomic mass is 10.1. The van der Waals surface area contributed by atoms with E-state index in [0.717, 1.165) is 23.4 Å². The predicted molar refractivity (Wildman–Crippen MR) is 127 cm³/mol. The molecule has 1 aliphatic heterocycles. The first-order valence-electron chi connectivity index (χ1n) is 10.6. The molecular weight excluding hydrogens is 404 g/mol. The molecule has 1 aliphatic rings. The van der Waals surface area contributed by atoms with Gasteiger partial charge in [-0.2, -0.15) is 11.8 Å². The quantitative estimate of drug-likeness (QED) is 0.538. The summed E-state index contributed by atoms with van der Waals surface area (Å²) < 4.78 is 0. The van der Waals surface area contributed by atoms with Gasteiger partial charge in [-0.3, -0.25) is 9.59 Å². The van der Waals surface area contributed by atoms with Crippen LogP contribution in [0.1, 0.15) is 34.0 Å². The lowest BCUT2D eigenvalue weighted by molar-refractivity contribution is -0.119. The Balaban J connectivity index is 1.50. The fourth-order valence-corrected chi connectivity index (χ4v) is 4.85. The molecule has 0 fully saturated rings. The molecule has 0 aliphatic carbocycles. The Kier molecular flexibility index (Phi) is 6.73. The Morgan fingerprint density at radius 2 is 1.68 bits per heavy atom. The van der Waals surface area contributed by atoms with E-state index in [0.29, 0.717) is 17.9 Å². The summed E-state index contributed by atoms with van der Waals surface area (Å²) in [5.41, 5.74) is 4.85. The number of fused-ring (bicyclic) bond motifs is 1. The summed E-state index contributed by atoms with van der Waals surface area (Å²) >= 11 is 1.67. The molecule has 1 atom stereocenters. The van der Waals surface area contributed by atoms with E-state index in [1.165, 1.54) is 11.1 Å². The Labute approximate surface area is 187 Å². The number of benzene rings is 3. The zero-order valence-electron chi connectivity index (χ0n) is 17.6. The van der Waals surface area contributed by atoms with Gasteiger partial charge in [-0.05, 0) is 41.3 Å². The van der Waals surface area contributed by atoms with Gasteiger partial charge in [0.15, 0.2) is 0 Å². The molecule has 3 aromatic carbocycles. The molecule has 0 saturated carbocycles. The van der Waals surface area contributed by atoms with Crippen molar-refractivity contribution >= 4 is 29.3 Å². The highest BCUT2D eigenvalue weighted by Gasteiger charge is 2.36. The first-order chi connectivity index (χ1) is 15.2. The third-order valence-electron chi connectivity index (χ3n) is 5.55. The zero-order valence-corrected chi connectivity index (χ0v) is 18.4. The maximum Gasteiger partial charge on any atom is 0.255 e. The molecular formula is C26H26N2O2S. The van der Waals surface area contributed by atoms with E-state index in [9.17, 15) is 9.59 Å². The minimum atomic E-state index is -0.542. The van der Waals surface area contributed by atoms with Crippen LogP contribution < -0.4 is 5.32 Å². The van der Waals surface area contributed by atoms with Crippen LogP contribution in [-0.2, 0) is 23.5 Å². The van der Waals surface area contributed by atoms with E-state index in [2.05, 4.69) is 24.4 Å². The molecule has 2 amide bonds. The number of carbonyl (C=O) groups excluding carboxylic acids is 2. The van der Waals surface area contributed by atoms with Crippen molar-refractivity contribution in [2.24, 2.45) is 0 Å². The van der Waals surface area contributed by atoms with Gasteiger partial charge in [0.05, 0.1) is 0 Å². The second-order valence-electron chi connectivity index (χ2n) is 7.65. The van der Waals surface area contributed by atoms with E-state index in [1.54, 1.807) is 16.7 Å². The number of hydrogen-bond acceptors (Lipinski definition) is 3. The van der Waals surface area contributed by atoms with Crippen LogP contribution in [0.3, 0.4) is 0 Å². The first-order valence-corrected chi connectivity index (χ1v) is 11.7. The van der Waals surface area contributed by atoms with Crippen molar-refractivity contribution in [3.63, 3.8) is 0 Å². The smallest absolute Gasteiger partial charge is 0.255 e. The maximum absolute atomic E-state index is 13.3. The largest absolute Gasteiger partial charge is 0.324 e. The van der Waals surface area contributed by atoms with Crippen molar-refractivity contribution in [3.05, 3.63) is 101 Å². The topological polar surface area (TPSA) is 49.4 Å². The fraction of sp³-hybridized carbons (Fsp3) is 0.231. The third kappa shape index (κ3) is 5.00. The zero-order chi connectivity index (χ0) is 21.6. The van der Waals surface area contributed by atoms with Crippen molar-refractivity contribution in [3.8, 4) is 0 Å². The number of rotatable bonds is 8. The Morgan fingerprint density at radius 3 is 2.39 bits per heavy atom. The molecule has 0 aromatic heterocycles. The SMILES string of the molecule is CCc1ccc(NC(=O)[C@@H](CSCc2ccccc2)N2Cc3ccccc3C2=O)cc1. The van der Waals surface area contributed by atoms with Crippen LogP contribution in [-0.4, -0.2) is 28.5 Å². The molecule has 1 heterocycles.